The van der Waals surface area contributed by atoms with Crippen LogP contribution in [0.4, 0.5) is 5.69 Å². The highest BCUT2D eigenvalue weighted by molar-refractivity contribution is 7.92. The molecule has 0 bridgehead atoms. The van der Waals surface area contributed by atoms with Gasteiger partial charge in [0.15, 0.2) is 0 Å². The molecule has 0 radical (unpaired) electrons. The van der Waals surface area contributed by atoms with Crippen molar-refractivity contribution in [2.75, 3.05) is 43.7 Å². The molecule has 3 rings (SSSR count). The first-order valence-corrected chi connectivity index (χ1v) is 12.4. The Kier molecular flexibility index (Phi) is 7.75. The van der Waals surface area contributed by atoms with Crippen LogP contribution in [0.5, 0.6) is 0 Å². The predicted octanol–water partition coefficient (Wildman–Crippen LogP) is 3.49. The molecular formula is C22H28ClN3O3S. The molecule has 1 saturated heterocycles. The number of halogens is 1. The Labute approximate surface area is 183 Å². The quantitative estimate of drug-likeness (QED) is 0.702. The second-order valence-electron chi connectivity index (χ2n) is 7.65. The van der Waals surface area contributed by atoms with Crippen LogP contribution < -0.4 is 4.72 Å². The summed E-state index contributed by atoms with van der Waals surface area (Å²) < 4.78 is 25.4. The number of amides is 1. The Morgan fingerprint density at radius 1 is 1.07 bits per heavy atom. The van der Waals surface area contributed by atoms with E-state index in [1.165, 1.54) is 11.6 Å². The summed E-state index contributed by atoms with van der Waals surface area (Å²) in [6, 6.07) is 15.2. The van der Waals surface area contributed by atoms with Gasteiger partial charge in [-0.05, 0) is 56.1 Å². The van der Waals surface area contributed by atoms with Gasteiger partial charge in [-0.25, -0.2) is 8.42 Å². The van der Waals surface area contributed by atoms with Crippen LogP contribution >= 0.6 is 11.6 Å². The third-order valence-corrected chi connectivity index (χ3v) is 6.09. The lowest BCUT2D eigenvalue weighted by atomic mass is 10.1. The van der Waals surface area contributed by atoms with Crippen LogP contribution in [-0.4, -0.2) is 63.1 Å². The first kappa shape index (κ1) is 22.6. The highest BCUT2D eigenvalue weighted by Crippen LogP contribution is 2.25. The number of anilines is 1. The van der Waals surface area contributed by atoms with E-state index in [4.69, 9.17) is 11.6 Å². The van der Waals surface area contributed by atoms with E-state index in [-0.39, 0.29) is 16.6 Å². The zero-order chi connectivity index (χ0) is 21.6. The van der Waals surface area contributed by atoms with Crippen molar-refractivity contribution in [2.24, 2.45) is 0 Å². The number of carbonyl (C=O) groups is 1. The van der Waals surface area contributed by atoms with Gasteiger partial charge in [-0.1, -0.05) is 41.9 Å². The minimum Gasteiger partial charge on any atom is -0.337 e. The fraction of sp³-hybridized carbons (Fsp3) is 0.409. The molecule has 1 amide bonds. The second kappa shape index (κ2) is 10.3. The first-order chi connectivity index (χ1) is 14.3. The van der Waals surface area contributed by atoms with E-state index in [0.29, 0.717) is 18.7 Å². The Hall–Kier alpha value is -2.09. The standard InChI is InChI=1S/C22H28ClN3O3S/c1-30(28,29)24-21-17-19(10-11-20(21)23)22(27)26-14-6-13-25(15-16-26)12-5-9-18-7-3-2-4-8-18/h2-4,7-8,10-11,17,24H,5-6,9,12-16H2,1H3. The topological polar surface area (TPSA) is 69.7 Å². The van der Waals surface area contributed by atoms with Crippen LogP contribution in [0.2, 0.25) is 5.02 Å². The van der Waals surface area contributed by atoms with Gasteiger partial charge >= 0.3 is 0 Å². The molecule has 162 valence electrons. The van der Waals surface area contributed by atoms with Crippen LogP contribution in [-0.2, 0) is 16.4 Å². The monoisotopic (exact) mass is 449 g/mol. The minimum absolute atomic E-state index is 0.102. The van der Waals surface area contributed by atoms with E-state index in [1.807, 2.05) is 11.0 Å². The van der Waals surface area contributed by atoms with Crippen molar-refractivity contribution in [3.63, 3.8) is 0 Å². The number of nitrogens with one attached hydrogen (secondary N) is 1. The van der Waals surface area contributed by atoms with Gasteiger partial charge in [0.2, 0.25) is 10.0 Å². The third kappa shape index (κ3) is 6.72. The molecular weight excluding hydrogens is 422 g/mol. The normalized spacial score (nSPS) is 15.6. The number of rotatable bonds is 7. The van der Waals surface area contributed by atoms with Gasteiger partial charge < -0.3 is 9.80 Å². The molecule has 1 heterocycles. The number of benzene rings is 2. The number of aryl methyl sites for hydroxylation is 1. The van der Waals surface area contributed by atoms with Gasteiger partial charge in [-0.15, -0.1) is 0 Å². The lowest BCUT2D eigenvalue weighted by Gasteiger charge is -2.22. The van der Waals surface area contributed by atoms with E-state index in [0.717, 1.165) is 45.2 Å². The lowest BCUT2D eigenvalue weighted by Crippen LogP contribution is -2.35. The molecule has 6 nitrogen and oxygen atoms in total. The fourth-order valence-electron chi connectivity index (χ4n) is 3.67. The van der Waals surface area contributed by atoms with Crippen molar-refractivity contribution in [3.05, 3.63) is 64.7 Å². The van der Waals surface area contributed by atoms with Gasteiger partial charge in [0.1, 0.15) is 0 Å². The molecule has 1 N–H and O–H groups in total. The van der Waals surface area contributed by atoms with Crippen molar-refractivity contribution in [3.8, 4) is 0 Å². The van der Waals surface area contributed by atoms with Crippen molar-refractivity contribution < 1.29 is 13.2 Å². The fourth-order valence-corrected chi connectivity index (χ4v) is 4.46. The van der Waals surface area contributed by atoms with Crippen LogP contribution in [0.25, 0.3) is 0 Å². The number of hydrogen-bond acceptors (Lipinski definition) is 4. The molecule has 8 heteroatoms. The lowest BCUT2D eigenvalue weighted by molar-refractivity contribution is 0.0761. The average molecular weight is 450 g/mol. The summed E-state index contributed by atoms with van der Waals surface area (Å²) in [5.74, 6) is -0.102. The van der Waals surface area contributed by atoms with E-state index in [2.05, 4.69) is 33.9 Å². The number of hydrogen-bond donors (Lipinski definition) is 1. The van der Waals surface area contributed by atoms with Crippen molar-refractivity contribution in [1.29, 1.82) is 0 Å². The van der Waals surface area contributed by atoms with Crippen LogP contribution in [0.3, 0.4) is 0 Å². The van der Waals surface area contributed by atoms with E-state index in [1.54, 1.807) is 12.1 Å². The summed E-state index contributed by atoms with van der Waals surface area (Å²) in [5.41, 5.74) is 2.01. The molecule has 1 fully saturated rings. The molecule has 2 aromatic rings. The van der Waals surface area contributed by atoms with Gasteiger partial charge in [-0.2, -0.15) is 0 Å². The predicted molar refractivity (Wildman–Crippen MR) is 122 cm³/mol. The largest absolute Gasteiger partial charge is 0.337 e. The van der Waals surface area contributed by atoms with Crippen molar-refractivity contribution >= 4 is 33.2 Å². The van der Waals surface area contributed by atoms with E-state index < -0.39 is 10.0 Å². The maximum absolute atomic E-state index is 13.0. The maximum Gasteiger partial charge on any atom is 0.253 e. The highest BCUT2D eigenvalue weighted by atomic mass is 35.5. The summed E-state index contributed by atoms with van der Waals surface area (Å²) in [6.45, 7) is 4.16. The summed E-state index contributed by atoms with van der Waals surface area (Å²) in [5, 5.41) is 0.262. The Balaban J connectivity index is 1.56. The number of carbonyl (C=O) groups excluding carboxylic acids is 1. The van der Waals surface area contributed by atoms with Gasteiger partial charge in [0, 0.05) is 25.2 Å². The average Bonchev–Trinajstić information content (AvgIpc) is 2.95. The van der Waals surface area contributed by atoms with Crippen molar-refractivity contribution in [1.82, 2.24) is 9.80 Å². The van der Waals surface area contributed by atoms with Gasteiger partial charge in [-0.3, -0.25) is 9.52 Å². The zero-order valence-corrected chi connectivity index (χ0v) is 18.8. The zero-order valence-electron chi connectivity index (χ0n) is 17.2. The van der Waals surface area contributed by atoms with Crippen LogP contribution in [0.15, 0.2) is 48.5 Å². The summed E-state index contributed by atoms with van der Waals surface area (Å²) >= 11 is 6.07. The third-order valence-electron chi connectivity index (χ3n) is 5.17. The molecule has 1 aliphatic heterocycles. The van der Waals surface area contributed by atoms with Gasteiger partial charge in [0.05, 0.1) is 17.0 Å². The van der Waals surface area contributed by atoms with Crippen LogP contribution in [0.1, 0.15) is 28.8 Å². The Bertz CT molecular complexity index is 967. The molecule has 0 atom stereocenters. The molecule has 1 aliphatic rings. The van der Waals surface area contributed by atoms with Crippen molar-refractivity contribution in [2.45, 2.75) is 19.3 Å². The molecule has 0 unspecified atom stereocenters. The van der Waals surface area contributed by atoms with Gasteiger partial charge in [0.25, 0.3) is 5.91 Å². The molecule has 0 aromatic heterocycles. The summed E-state index contributed by atoms with van der Waals surface area (Å²) in [7, 11) is -3.48. The summed E-state index contributed by atoms with van der Waals surface area (Å²) in [4.78, 5) is 17.2. The SMILES string of the molecule is CS(=O)(=O)Nc1cc(C(=O)N2CCCN(CCCc3ccccc3)CC2)ccc1Cl. The van der Waals surface area contributed by atoms with E-state index >= 15 is 0 Å². The van der Waals surface area contributed by atoms with E-state index in [9.17, 15) is 13.2 Å². The summed E-state index contributed by atoms with van der Waals surface area (Å²) in [6.07, 6.45) is 4.12. The Morgan fingerprint density at radius 3 is 2.57 bits per heavy atom. The highest BCUT2D eigenvalue weighted by Gasteiger charge is 2.21. The molecule has 30 heavy (non-hydrogen) atoms. The number of sulfonamides is 1. The maximum atomic E-state index is 13.0. The van der Waals surface area contributed by atoms with Crippen LogP contribution in [0, 0.1) is 0 Å². The minimum atomic E-state index is -3.48. The Morgan fingerprint density at radius 2 is 1.83 bits per heavy atom. The molecule has 0 aliphatic carbocycles. The molecule has 0 spiro atoms. The molecule has 0 saturated carbocycles. The smallest absolute Gasteiger partial charge is 0.253 e. The number of nitrogens with zero attached hydrogens (tertiary/aromatic N) is 2. The first-order valence-electron chi connectivity index (χ1n) is 10.1. The second-order valence-corrected chi connectivity index (χ2v) is 9.80. The molecule has 2 aromatic carbocycles.